The Kier molecular flexibility index (Phi) is 3.72. The van der Waals surface area contributed by atoms with Gasteiger partial charge in [-0.3, -0.25) is 4.79 Å². The predicted octanol–water partition coefficient (Wildman–Crippen LogP) is 1.13. The number of carbonyl (C=O) groups is 1. The van der Waals surface area contributed by atoms with E-state index in [1.807, 2.05) is 0 Å². The molecule has 0 radical (unpaired) electrons. The molecule has 98 valence electrons. The standard InChI is InChI=1S/C13H17NO4/c15-10-4-2-9(3-5-10)14-13(18)8-1-6-11(16)12(17)7-8/h1,6-7,9-10,15-17H,2-5H2,(H,14,18). The van der Waals surface area contributed by atoms with Crippen molar-refractivity contribution < 1.29 is 20.1 Å². The van der Waals surface area contributed by atoms with E-state index in [0.29, 0.717) is 18.4 Å². The number of phenolic OH excluding ortho intramolecular Hbond substituents is 2. The van der Waals surface area contributed by atoms with Gasteiger partial charge in [0.1, 0.15) is 0 Å². The first-order valence-electron chi connectivity index (χ1n) is 6.07. The lowest BCUT2D eigenvalue weighted by atomic mass is 9.93. The Morgan fingerprint density at radius 3 is 2.39 bits per heavy atom. The molecule has 1 saturated carbocycles. The molecule has 1 fully saturated rings. The van der Waals surface area contributed by atoms with Crippen LogP contribution in [0.4, 0.5) is 0 Å². The Morgan fingerprint density at radius 2 is 1.78 bits per heavy atom. The Hall–Kier alpha value is -1.75. The van der Waals surface area contributed by atoms with Gasteiger partial charge in [0.2, 0.25) is 0 Å². The number of phenols is 2. The van der Waals surface area contributed by atoms with Gasteiger partial charge in [0.15, 0.2) is 11.5 Å². The molecule has 5 heteroatoms. The van der Waals surface area contributed by atoms with Crippen LogP contribution in [0.3, 0.4) is 0 Å². The number of aliphatic hydroxyl groups excluding tert-OH is 1. The smallest absolute Gasteiger partial charge is 0.251 e. The summed E-state index contributed by atoms with van der Waals surface area (Å²) in [6.45, 7) is 0. The van der Waals surface area contributed by atoms with Gasteiger partial charge in [-0.15, -0.1) is 0 Å². The predicted molar refractivity (Wildman–Crippen MR) is 65.5 cm³/mol. The van der Waals surface area contributed by atoms with Crippen LogP contribution < -0.4 is 5.32 Å². The maximum absolute atomic E-state index is 11.9. The van der Waals surface area contributed by atoms with E-state index in [2.05, 4.69) is 5.32 Å². The third-order valence-electron chi connectivity index (χ3n) is 3.27. The second-order valence-corrected chi connectivity index (χ2v) is 4.68. The van der Waals surface area contributed by atoms with Gasteiger partial charge >= 0.3 is 0 Å². The van der Waals surface area contributed by atoms with Crippen LogP contribution in [-0.2, 0) is 0 Å². The number of nitrogens with one attached hydrogen (secondary N) is 1. The topological polar surface area (TPSA) is 89.8 Å². The first-order valence-corrected chi connectivity index (χ1v) is 6.07. The van der Waals surface area contributed by atoms with E-state index in [0.717, 1.165) is 12.8 Å². The Bertz CT molecular complexity index is 439. The van der Waals surface area contributed by atoms with Crippen LogP contribution in [0, 0.1) is 0 Å². The van der Waals surface area contributed by atoms with Crippen LogP contribution in [0.1, 0.15) is 36.0 Å². The third kappa shape index (κ3) is 2.92. The summed E-state index contributed by atoms with van der Waals surface area (Å²) in [6.07, 6.45) is 2.67. The van der Waals surface area contributed by atoms with E-state index < -0.39 is 0 Å². The van der Waals surface area contributed by atoms with Crippen LogP contribution in [0.5, 0.6) is 11.5 Å². The Labute approximate surface area is 105 Å². The monoisotopic (exact) mass is 251 g/mol. The molecule has 0 saturated heterocycles. The van der Waals surface area contributed by atoms with Crippen molar-refractivity contribution in [2.75, 3.05) is 0 Å². The molecular formula is C13H17NO4. The molecule has 0 aromatic heterocycles. The molecule has 5 nitrogen and oxygen atoms in total. The molecule has 18 heavy (non-hydrogen) atoms. The van der Waals surface area contributed by atoms with Crippen LogP contribution >= 0.6 is 0 Å². The maximum atomic E-state index is 11.9. The first-order chi connectivity index (χ1) is 8.56. The van der Waals surface area contributed by atoms with Crippen LogP contribution in [-0.4, -0.2) is 33.4 Å². The van der Waals surface area contributed by atoms with Crippen molar-refractivity contribution in [3.63, 3.8) is 0 Å². The van der Waals surface area contributed by atoms with E-state index in [4.69, 9.17) is 5.11 Å². The average molecular weight is 251 g/mol. The molecule has 1 aromatic carbocycles. The van der Waals surface area contributed by atoms with Gasteiger partial charge in [0, 0.05) is 11.6 Å². The zero-order valence-electron chi connectivity index (χ0n) is 9.97. The van der Waals surface area contributed by atoms with Gasteiger partial charge in [-0.2, -0.15) is 0 Å². The highest BCUT2D eigenvalue weighted by Gasteiger charge is 2.21. The highest BCUT2D eigenvalue weighted by atomic mass is 16.3. The van der Waals surface area contributed by atoms with Gasteiger partial charge in [0.05, 0.1) is 6.10 Å². The molecule has 0 spiro atoms. The number of carbonyl (C=O) groups excluding carboxylic acids is 1. The van der Waals surface area contributed by atoms with Gasteiger partial charge in [-0.1, -0.05) is 0 Å². The van der Waals surface area contributed by atoms with E-state index in [1.54, 1.807) is 0 Å². The highest BCUT2D eigenvalue weighted by Crippen LogP contribution is 2.25. The van der Waals surface area contributed by atoms with Crippen molar-refractivity contribution in [1.29, 1.82) is 0 Å². The third-order valence-corrected chi connectivity index (χ3v) is 3.27. The molecular weight excluding hydrogens is 234 g/mol. The van der Waals surface area contributed by atoms with E-state index >= 15 is 0 Å². The minimum absolute atomic E-state index is 0.0665. The summed E-state index contributed by atoms with van der Waals surface area (Å²) in [5.41, 5.74) is 0.316. The molecule has 2 rings (SSSR count). The van der Waals surface area contributed by atoms with Gasteiger partial charge < -0.3 is 20.6 Å². The number of benzene rings is 1. The minimum Gasteiger partial charge on any atom is -0.504 e. The molecule has 1 amide bonds. The summed E-state index contributed by atoms with van der Waals surface area (Å²) in [5.74, 6) is -0.819. The molecule has 0 bridgehead atoms. The Morgan fingerprint density at radius 1 is 1.11 bits per heavy atom. The lowest BCUT2D eigenvalue weighted by Gasteiger charge is -2.26. The molecule has 0 unspecified atom stereocenters. The summed E-state index contributed by atoms with van der Waals surface area (Å²) < 4.78 is 0. The Balaban J connectivity index is 1.97. The van der Waals surface area contributed by atoms with E-state index in [1.165, 1.54) is 18.2 Å². The summed E-state index contributed by atoms with van der Waals surface area (Å²) in [6, 6.07) is 4.05. The zero-order valence-corrected chi connectivity index (χ0v) is 9.97. The molecule has 0 aliphatic heterocycles. The molecule has 1 aliphatic rings. The second-order valence-electron chi connectivity index (χ2n) is 4.68. The molecule has 1 aliphatic carbocycles. The quantitative estimate of drug-likeness (QED) is 0.593. The summed E-state index contributed by atoms with van der Waals surface area (Å²) in [5, 5.41) is 30.7. The van der Waals surface area contributed by atoms with E-state index in [9.17, 15) is 15.0 Å². The van der Waals surface area contributed by atoms with Gasteiger partial charge in [-0.25, -0.2) is 0 Å². The minimum atomic E-state index is -0.304. The largest absolute Gasteiger partial charge is 0.504 e. The number of rotatable bonds is 2. The summed E-state index contributed by atoms with van der Waals surface area (Å²) in [4.78, 5) is 11.9. The van der Waals surface area contributed by atoms with Crippen molar-refractivity contribution in [3.05, 3.63) is 23.8 Å². The average Bonchev–Trinajstić information content (AvgIpc) is 2.35. The van der Waals surface area contributed by atoms with Crippen molar-refractivity contribution >= 4 is 5.91 Å². The normalized spacial score (nSPS) is 23.6. The van der Waals surface area contributed by atoms with E-state index in [-0.39, 0.29) is 29.6 Å². The molecule has 0 heterocycles. The van der Waals surface area contributed by atoms with Gasteiger partial charge in [0.25, 0.3) is 5.91 Å². The van der Waals surface area contributed by atoms with Crippen molar-refractivity contribution in [1.82, 2.24) is 5.32 Å². The lowest BCUT2D eigenvalue weighted by molar-refractivity contribution is 0.0867. The fourth-order valence-electron chi connectivity index (χ4n) is 2.15. The molecule has 1 aromatic rings. The van der Waals surface area contributed by atoms with Gasteiger partial charge in [-0.05, 0) is 43.9 Å². The SMILES string of the molecule is O=C(NC1CCC(O)CC1)c1ccc(O)c(O)c1. The number of amides is 1. The fraction of sp³-hybridized carbons (Fsp3) is 0.462. The van der Waals surface area contributed by atoms with Crippen molar-refractivity contribution in [2.45, 2.75) is 37.8 Å². The zero-order chi connectivity index (χ0) is 13.1. The van der Waals surface area contributed by atoms with Crippen LogP contribution in [0.25, 0.3) is 0 Å². The summed E-state index contributed by atoms with van der Waals surface area (Å²) in [7, 11) is 0. The fourth-order valence-corrected chi connectivity index (χ4v) is 2.15. The van der Waals surface area contributed by atoms with Crippen LogP contribution in [0.2, 0.25) is 0 Å². The molecule has 0 atom stereocenters. The highest BCUT2D eigenvalue weighted by molar-refractivity contribution is 5.95. The first kappa shape index (κ1) is 12.7. The molecule has 4 N–H and O–H groups in total. The maximum Gasteiger partial charge on any atom is 0.251 e. The number of hydrogen-bond donors (Lipinski definition) is 4. The van der Waals surface area contributed by atoms with Crippen molar-refractivity contribution in [2.24, 2.45) is 0 Å². The number of aromatic hydroxyl groups is 2. The number of aliphatic hydroxyl groups is 1. The second kappa shape index (κ2) is 5.27. The lowest BCUT2D eigenvalue weighted by Crippen LogP contribution is -2.38. The van der Waals surface area contributed by atoms with Crippen molar-refractivity contribution in [3.8, 4) is 11.5 Å². The van der Waals surface area contributed by atoms with Crippen LogP contribution in [0.15, 0.2) is 18.2 Å². The number of hydrogen-bond acceptors (Lipinski definition) is 4. The summed E-state index contributed by atoms with van der Waals surface area (Å²) >= 11 is 0.